The summed E-state index contributed by atoms with van der Waals surface area (Å²) in [5, 5.41) is 4.40. The molecule has 0 bridgehead atoms. The van der Waals surface area contributed by atoms with Gasteiger partial charge in [-0.1, -0.05) is 43.1 Å². The maximum absolute atomic E-state index is 12.3. The minimum Gasteiger partial charge on any atom is -0.324 e. The highest BCUT2D eigenvalue weighted by Crippen LogP contribution is 2.43. The zero-order chi connectivity index (χ0) is 15.6. The van der Waals surface area contributed by atoms with Crippen LogP contribution in [-0.4, -0.2) is 35.2 Å². The highest BCUT2D eigenvalue weighted by atomic mass is 35.5. The van der Waals surface area contributed by atoms with Gasteiger partial charge in [-0.25, -0.2) is 0 Å². The summed E-state index contributed by atoms with van der Waals surface area (Å²) in [6, 6.07) is 6.00. The summed E-state index contributed by atoms with van der Waals surface area (Å²) < 4.78 is 0. The predicted molar refractivity (Wildman–Crippen MR) is 91.1 cm³/mol. The first-order chi connectivity index (χ1) is 9.90. The Hall–Kier alpha value is -0.420. The third-order valence-electron chi connectivity index (χ3n) is 3.38. The minimum atomic E-state index is -0.0245. The molecule has 0 saturated carbocycles. The van der Waals surface area contributed by atoms with Crippen LogP contribution >= 0.6 is 35.0 Å². The number of carbonyl (C=O) groups is 1. The Morgan fingerprint density at radius 2 is 2.05 bits per heavy atom. The Balaban J connectivity index is 2.15. The molecule has 0 aliphatic carbocycles. The van der Waals surface area contributed by atoms with Gasteiger partial charge in [-0.15, -0.1) is 11.8 Å². The Kier molecular flexibility index (Phi) is 5.83. The summed E-state index contributed by atoms with van der Waals surface area (Å²) in [5.74, 6) is 0.182. The number of benzene rings is 1. The summed E-state index contributed by atoms with van der Waals surface area (Å²) >= 11 is 13.7. The second kappa shape index (κ2) is 7.23. The van der Waals surface area contributed by atoms with Gasteiger partial charge in [0.15, 0.2) is 0 Å². The first kappa shape index (κ1) is 16.9. The van der Waals surface area contributed by atoms with E-state index in [0.29, 0.717) is 22.6 Å². The number of nitrogens with one attached hydrogen (secondary N) is 1. The lowest BCUT2D eigenvalue weighted by Gasteiger charge is -2.25. The van der Waals surface area contributed by atoms with Crippen molar-refractivity contribution in [3.63, 3.8) is 0 Å². The fraction of sp³-hybridized carbons (Fsp3) is 0.533. The summed E-state index contributed by atoms with van der Waals surface area (Å²) in [5.41, 5.74) is 1.02. The molecule has 1 heterocycles. The van der Waals surface area contributed by atoms with E-state index < -0.39 is 0 Å². The van der Waals surface area contributed by atoms with Crippen molar-refractivity contribution in [1.82, 2.24) is 10.2 Å². The standard InChI is InChI=1S/C15H20Cl2N2OS/c1-9(2)18-6-7-19-14(20)10(3)21-15(19)11-4-5-12(16)13(17)8-11/h4-5,8-10,15,18H,6-7H2,1-3H3/t10-,15-/m0/s1. The molecule has 0 radical (unpaired) electrons. The first-order valence-corrected chi connectivity index (χ1v) is 8.74. The summed E-state index contributed by atoms with van der Waals surface area (Å²) in [4.78, 5) is 14.3. The van der Waals surface area contributed by atoms with Crippen molar-refractivity contribution in [2.75, 3.05) is 13.1 Å². The zero-order valence-corrected chi connectivity index (χ0v) is 14.7. The van der Waals surface area contributed by atoms with E-state index in [2.05, 4.69) is 19.2 Å². The maximum atomic E-state index is 12.3. The number of thioether (sulfide) groups is 1. The molecule has 3 nitrogen and oxygen atoms in total. The van der Waals surface area contributed by atoms with Crippen LogP contribution in [0.4, 0.5) is 0 Å². The number of nitrogens with zero attached hydrogens (tertiary/aromatic N) is 1. The lowest BCUT2D eigenvalue weighted by atomic mass is 10.2. The summed E-state index contributed by atoms with van der Waals surface area (Å²) in [7, 11) is 0. The van der Waals surface area contributed by atoms with Crippen LogP contribution in [0.25, 0.3) is 0 Å². The number of amides is 1. The van der Waals surface area contributed by atoms with E-state index in [1.165, 1.54) is 0 Å². The molecule has 0 spiro atoms. The second-order valence-electron chi connectivity index (χ2n) is 5.44. The summed E-state index contributed by atoms with van der Waals surface area (Å²) in [6.45, 7) is 7.63. The number of rotatable bonds is 5. The van der Waals surface area contributed by atoms with E-state index in [9.17, 15) is 4.79 Å². The van der Waals surface area contributed by atoms with Crippen molar-refractivity contribution < 1.29 is 4.79 Å². The van der Waals surface area contributed by atoms with Crippen LogP contribution in [0.3, 0.4) is 0 Å². The topological polar surface area (TPSA) is 32.3 Å². The van der Waals surface area contributed by atoms with Crippen LogP contribution in [0.2, 0.25) is 10.0 Å². The van der Waals surface area contributed by atoms with E-state index in [1.807, 2.05) is 24.0 Å². The lowest BCUT2D eigenvalue weighted by Crippen LogP contribution is -2.38. The van der Waals surface area contributed by atoms with Crippen molar-refractivity contribution in [3.8, 4) is 0 Å². The maximum Gasteiger partial charge on any atom is 0.236 e. The van der Waals surface area contributed by atoms with E-state index in [1.54, 1.807) is 17.8 Å². The Morgan fingerprint density at radius 1 is 1.33 bits per heavy atom. The fourth-order valence-corrected chi connectivity index (χ4v) is 3.90. The Labute approximate surface area is 140 Å². The van der Waals surface area contributed by atoms with Crippen molar-refractivity contribution in [2.24, 2.45) is 0 Å². The van der Waals surface area contributed by atoms with Crippen LogP contribution in [0.1, 0.15) is 31.7 Å². The number of hydrogen-bond donors (Lipinski definition) is 1. The van der Waals surface area contributed by atoms with E-state index in [0.717, 1.165) is 12.1 Å². The second-order valence-corrected chi connectivity index (χ2v) is 7.68. The van der Waals surface area contributed by atoms with Crippen LogP contribution in [0.5, 0.6) is 0 Å². The van der Waals surface area contributed by atoms with Gasteiger partial charge in [0, 0.05) is 19.1 Å². The van der Waals surface area contributed by atoms with Gasteiger partial charge in [-0.3, -0.25) is 4.79 Å². The Bertz CT molecular complexity index is 524. The molecule has 0 aromatic heterocycles. The molecular formula is C15H20Cl2N2OS. The van der Waals surface area contributed by atoms with Gasteiger partial charge in [0.25, 0.3) is 0 Å². The third-order valence-corrected chi connectivity index (χ3v) is 5.51. The predicted octanol–water partition coefficient (Wildman–Crippen LogP) is 3.95. The molecular weight excluding hydrogens is 327 g/mol. The van der Waals surface area contributed by atoms with Crippen LogP contribution in [-0.2, 0) is 4.79 Å². The molecule has 0 unspecified atom stereocenters. The van der Waals surface area contributed by atoms with Gasteiger partial charge in [-0.05, 0) is 24.6 Å². The van der Waals surface area contributed by atoms with Crippen molar-refractivity contribution >= 4 is 40.9 Å². The largest absolute Gasteiger partial charge is 0.324 e. The van der Waals surface area contributed by atoms with Crippen LogP contribution < -0.4 is 5.32 Å². The number of hydrogen-bond acceptors (Lipinski definition) is 3. The highest BCUT2D eigenvalue weighted by molar-refractivity contribution is 8.01. The molecule has 6 heteroatoms. The molecule has 1 aliphatic heterocycles. The monoisotopic (exact) mass is 346 g/mol. The molecule has 1 N–H and O–H groups in total. The normalized spacial score (nSPS) is 22.4. The van der Waals surface area contributed by atoms with E-state index >= 15 is 0 Å². The molecule has 1 aromatic carbocycles. The van der Waals surface area contributed by atoms with Crippen LogP contribution in [0, 0.1) is 0 Å². The average Bonchev–Trinajstić information content (AvgIpc) is 2.70. The molecule has 116 valence electrons. The van der Waals surface area contributed by atoms with Gasteiger partial charge in [0.05, 0.1) is 15.3 Å². The fourth-order valence-electron chi connectivity index (χ4n) is 2.30. The van der Waals surface area contributed by atoms with Gasteiger partial charge < -0.3 is 10.2 Å². The number of halogens is 2. The quantitative estimate of drug-likeness (QED) is 0.875. The summed E-state index contributed by atoms with van der Waals surface area (Å²) in [6.07, 6.45) is 0. The first-order valence-electron chi connectivity index (χ1n) is 7.04. The average molecular weight is 347 g/mol. The molecule has 21 heavy (non-hydrogen) atoms. The molecule has 2 rings (SSSR count). The molecule has 2 atom stereocenters. The zero-order valence-electron chi connectivity index (χ0n) is 12.4. The van der Waals surface area contributed by atoms with Gasteiger partial charge in [0.2, 0.25) is 5.91 Å². The highest BCUT2D eigenvalue weighted by Gasteiger charge is 2.38. The lowest BCUT2D eigenvalue weighted by molar-refractivity contribution is -0.129. The Morgan fingerprint density at radius 3 is 2.67 bits per heavy atom. The van der Waals surface area contributed by atoms with Crippen molar-refractivity contribution in [2.45, 2.75) is 37.4 Å². The van der Waals surface area contributed by atoms with Gasteiger partial charge in [-0.2, -0.15) is 0 Å². The van der Waals surface area contributed by atoms with Gasteiger partial charge >= 0.3 is 0 Å². The van der Waals surface area contributed by atoms with Gasteiger partial charge in [0.1, 0.15) is 5.37 Å². The minimum absolute atomic E-state index is 0.0104. The molecule has 1 aromatic rings. The van der Waals surface area contributed by atoms with E-state index in [-0.39, 0.29) is 16.5 Å². The van der Waals surface area contributed by atoms with Crippen molar-refractivity contribution in [3.05, 3.63) is 33.8 Å². The molecule has 1 aliphatic rings. The molecule has 1 saturated heterocycles. The van der Waals surface area contributed by atoms with E-state index in [4.69, 9.17) is 23.2 Å². The smallest absolute Gasteiger partial charge is 0.236 e. The van der Waals surface area contributed by atoms with Crippen LogP contribution in [0.15, 0.2) is 18.2 Å². The number of carbonyl (C=O) groups excluding carboxylic acids is 1. The molecule has 1 fully saturated rings. The van der Waals surface area contributed by atoms with Crippen molar-refractivity contribution in [1.29, 1.82) is 0 Å². The third kappa shape index (κ3) is 4.07. The molecule has 1 amide bonds. The SMILES string of the molecule is CC(C)NCCN1C(=O)[C@H](C)S[C@H]1c1ccc(Cl)c(Cl)c1.